The molecule has 2 fully saturated rings. The predicted molar refractivity (Wildman–Crippen MR) is 106 cm³/mol. The van der Waals surface area contributed by atoms with Crippen molar-refractivity contribution in [1.29, 1.82) is 0 Å². The van der Waals surface area contributed by atoms with Gasteiger partial charge in [0.1, 0.15) is 0 Å². The van der Waals surface area contributed by atoms with Gasteiger partial charge in [-0.1, -0.05) is 55.4 Å². The summed E-state index contributed by atoms with van der Waals surface area (Å²) in [5, 5.41) is 21.2. The molecule has 0 aliphatic heterocycles. The van der Waals surface area contributed by atoms with E-state index < -0.39 is 0 Å². The third-order valence-corrected chi connectivity index (χ3v) is 7.71. The Morgan fingerprint density at radius 2 is 0.960 bits per heavy atom. The number of hydrogen-bond donors (Lipinski definition) is 2. The monoisotopic (exact) mass is 352 g/mol. The average Bonchev–Trinajstić information content (AvgIpc) is 2.41. The van der Waals surface area contributed by atoms with E-state index in [1.165, 1.54) is 6.42 Å². The summed E-state index contributed by atoms with van der Waals surface area (Å²) in [5.41, 5.74) is 0.361. The molecule has 2 nitrogen and oxygen atoms in total. The van der Waals surface area contributed by atoms with Gasteiger partial charge in [0.25, 0.3) is 0 Å². The molecule has 8 atom stereocenters. The van der Waals surface area contributed by atoms with Gasteiger partial charge in [-0.2, -0.15) is 0 Å². The second-order valence-corrected chi connectivity index (χ2v) is 11.7. The van der Waals surface area contributed by atoms with Crippen LogP contribution < -0.4 is 0 Å². The molecule has 0 amide bonds. The number of aliphatic hydroxyl groups excluding tert-OH is 2. The molecule has 0 aromatic carbocycles. The molecule has 2 rings (SSSR count). The van der Waals surface area contributed by atoms with Crippen LogP contribution >= 0.6 is 0 Å². The second kappa shape index (κ2) is 7.50. The van der Waals surface area contributed by atoms with Gasteiger partial charge in [0, 0.05) is 0 Å². The highest BCUT2D eigenvalue weighted by Crippen LogP contribution is 2.49. The summed E-state index contributed by atoms with van der Waals surface area (Å²) in [6, 6.07) is 0. The lowest BCUT2D eigenvalue weighted by atomic mass is 9.59. The van der Waals surface area contributed by atoms with Crippen LogP contribution in [-0.4, -0.2) is 22.4 Å². The fourth-order valence-electron chi connectivity index (χ4n) is 5.81. The van der Waals surface area contributed by atoms with E-state index in [0.29, 0.717) is 23.7 Å². The average molecular weight is 353 g/mol. The summed E-state index contributed by atoms with van der Waals surface area (Å²) in [6.45, 7) is 18.4. The van der Waals surface area contributed by atoms with Crippen molar-refractivity contribution in [3.05, 3.63) is 0 Å². The lowest BCUT2D eigenvalue weighted by molar-refractivity contribution is -0.0568. The van der Waals surface area contributed by atoms with Crippen molar-refractivity contribution in [2.45, 2.75) is 99.7 Å². The second-order valence-electron chi connectivity index (χ2n) is 11.7. The maximum Gasteiger partial charge on any atom is 0.0576 e. The number of rotatable bonds is 2. The van der Waals surface area contributed by atoms with Crippen molar-refractivity contribution in [3.63, 3.8) is 0 Å². The Kier molecular flexibility index (Phi) is 6.37. The van der Waals surface area contributed by atoms with Gasteiger partial charge in [-0.15, -0.1) is 0 Å². The molecule has 0 spiro atoms. The maximum atomic E-state index is 10.6. The van der Waals surface area contributed by atoms with Crippen LogP contribution in [0.4, 0.5) is 0 Å². The lowest BCUT2D eigenvalue weighted by Gasteiger charge is -2.48. The molecule has 0 aromatic heterocycles. The summed E-state index contributed by atoms with van der Waals surface area (Å²) in [5.74, 6) is 3.49. The smallest absolute Gasteiger partial charge is 0.0576 e. The van der Waals surface area contributed by atoms with E-state index in [1.807, 2.05) is 0 Å². The highest BCUT2D eigenvalue weighted by molar-refractivity contribution is 4.94. The summed E-state index contributed by atoms with van der Waals surface area (Å²) in [7, 11) is 0. The Morgan fingerprint density at radius 1 is 0.640 bits per heavy atom. The van der Waals surface area contributed by atoms with Crippen LogP contribution in [0.3, 0.4) is 0 Å². The van der Waals surface area contributed by atoms with Gasteiger partial charge in [-0.05, 0) is 78.4 Å². The molecule has 7 unspecified atom stereocenters. The predicted octanol–water partition coefficient (Wildman–Crippen LogP) is 5.52. The van der Waals surface area contributed by atoms with Crippen LogP contribution in [0.25, 0.3) is 0 Å². The fraction of sp³-hybridized carbons (Fsp3) is 1.00. The van der Waals surface area contributed by atoms with Crippen LogP contribution in [0, 0.1) is 46.3 Å². The van der Waals surface area contributed by atoms with Crippen LogP contribution in [-0.2, 0) is 0 Å². The largest absolute Gasteiger partial charge is 0.393 e. The van der Waals surface area contributed by atoms with Crippen LogP contribution in [0.15, 0.2) is 0 Å². The minimum absolute atomic E-state index is 0.140. The molecule has 0 bridgehead atoms. The molecule has 2 saturated carbocycles. The van der Waals surface area contributed by atoms with Gasteiger partial charge in [-0.3, -0.25) is 0 Å². The van der Waals surface area contributed by atoms with Gasteiger partial charge in [-0.25, -0.2) is 0 Å². The first kappa shape index (κ1) is 21.2. The molecule has 25 heavy (non-hydrogen) atoms. The Labute approximate surface area is 156 Å². The van der Waals surface area contributed by atoms with E-state index in [9.17, 15) is 10.2 Å². The van der Waals surface area contributed by atoms with Crippen molar-refractivity contribution in [1.82, 2.24) is 0 Å². The Bertz CT molecular complexity index is 390. The third-order valence-electron chi connectivity index (χ3n) is 7.71. The van der Waals surface area contributed by atoms with Crippen LogP contribution in [0.2, 0.25) is 0 Å². The molecule has 0 heterocycles. The van der Waals surface area contributed by atoms with Crippen molar-refractivity contribution in [2.75, 3.05) is 0 Å². The van der Waals surface area contributed by atoms with E-state index in [-0.39, 0.29) is 23.0 Å². The molecular weight excluding hydrogens is 308 g/mol. The molecule has 2 aliphatic carbocycles. The third kappa shape index (κ3) is 5.01. The molecule has 2 N–H and O–H groups in total. The highest BCUT2D eigenvalue weighted by Gasteiger charge is 2.44. The standard InChI is InChI=1S/C23H44O2/c1-14-9-20(24)18(22(3,4)5)12-16(14)11-17-13-19(23(6,7)8)21(25)10-15(17)2/h14-21,24-25H,9-13H2,1-8H3/t14?,15?,16?,17?,18-,19?,20?,21?/m0/s1. The quantitative estimate of drug-likeness (QED) is 0.687. The van der Waals surface area contributed by atoms with Gasteiger partial charge in [0.05, 0.1) is 12.2 Å². The van der Waals surface area contributed by atoms with Crippen molar-refractivity contribution < 1.29 is 10.2 Å². The molecule has 0 radical (unpaired) electrons. The molecular formula is C23H44O2. The first-order valence-electron chi connectivity index (χ1n) is 10.7. The Hall–Kier alpha value is -0.0800. The molecule has 2 aliphatic rings. The molecule has 2 heteroatoms. The minimum Gasteiger partial charge on any atom is -0.393 e. The van der Waals surface area contributed by atoms with E-state index >= 15 is 0 Å². The summed E-state index contributed by atoms with van der Waals surface area (Å²) in [4.78, 5) is 0. The molecule has 0 saturated heterocycles. The highest BCUT2D eigenvalue weighted by atomic mass is 16.3. The van der Waals surface area contributed by atoms with Crippen LogP contribution in [0.1, 0.15) is 87.5 Å². The van der Waals surface area contributed by atoms with Crippen LogP contribution in [0.5, 0.6) is 0 Å². The summed E-state index contributed by atoms with van der Waals surface area (Å²) < 4.78 is 0. The normalized spacial score (nSPS) is 43.9. The lowest BCUT2D eigenvalue weighted by Crippen LogP contribution is -2.44. The van der Waals surface area contributed by atoms with Gasteiger partial charge in [0.2, 0.25) is 0 Å². The number of aliphatic hydroxyl groups is 2. The topological polar surface area (TPSA) is 40.5 Å². The summed E-state index contributed by atoms with van der Waals surface area (Å²) >= 11 is 0. The van der Waals surface area contributed by atoms with E-state index in [0.717, 1.165) is 37.5 Å². The SMILES string of the molecule is CC1CC(O)C(C(C)(C)C)CC1CC1C[C@H](C(C)(C)C)C(O)CC1C. The van der Waals surface area contributed by atoms with E-state index in [4.69, 9.17) is 0 Å². The van der Waals surface area contributed by atoms with Gasteiger partial charge >= 0.3 is 0 Å². The summed E-state index contributed by atoms with van der Waals surface area (Å²) in [6.07, 6.45) is 5.24. The first-order chi connectivity index (χ1) is 11.3. The van der Waals surface area contributed by atoms with E-state index in [1.54, 1.807) is 0 Å². The number of hydrogen-bond acceptors (Lipinski definition) is 2. The Balaban J connectivity index is 2.08. The van der Waals surface area contributed by atoms with Crippen molar-refractivity contribution in [2.24, 2.45) is 46.3 Å². The fourth-order valence-corrected chi connectivity index (χ4v) is 5.81. The van der Waals surface area contributed by atoms with Gasteiger partial charge in [0.15, 0.2) is 0 Å². The maximum absolute atomic E-state index is 10.6. The zero-order valence-corrected chi connectivity index (χ0v) is 18.0. The Morgan fingerprint density at radius 3 is 1.24 bits per heavy atom. The first-order valence-corrected chi connectivity index (χ1v) is 10.7. The zero-order valence-electron chi connectivity index (χ0n) is 18.0. The minimum atomic E-state index is -0.140. The van der Waals surface area contributed by atoms with Crippen molar-refractivity contribution >= 4 is 0 Å². The molecule has 148 valence electrons. The van der Waals surface area contributed by atoms with E-state index in [2.05, 4.69) is 55.4 Å². The molecule has 0 aromatic rings. The van der Waals surface area contributed by atoms with Gasteiger partial charge < -0.3 is 10.2 Å². The zero-order chi connectivity index (χ0) is 19.2. The van der Waals surface area contributed by atoms with Crippen molar-refractivity contribution in [3.8, 4) is 0 Å².